The topological polar surface area (TPSA) is 46.3 Å². The molecule has 1 aliphatic heterocycles. The van der Waals surface area contributed by atoms with Crippen molar-refractivity contribution in [3.63, 3.8) is 0 Å². The number of ether oxygens (including phenoxy) is 1. The molecular formula is C24H27N2O2+. The molecule has 0 saturated carbocycles. The van der Waals surface area contributed by atoms with Gasteiger partial charge in [0.25, 0.3) is 0 Å². The quantitative estimate of drug-likeness (QED) is 0.649. The van der Waals surface area contributed by atoms with E-state index in [1.54, 1.807) is 18.1 Å². The average molecular weight is 375 g/mol. The van der Waals surface area contributed by atoms with E-state index in [4.69, 9.17) is 9.73 Å². The summed E-state index contributed by atoms with van der Waals surface area (Å²) >= 11 is 0. The Hall–Kier alpha value is -2.85. The first kappa shape index (κ1) is 18.5. The summed E-state index contributed by atoms with van der Waals surface area (Å²) in [4.78, 5) is 6.36. The normalized spacial score (nSPS) is 16.0. The molecule has 144 valence electrons. The van der Waals surface area contributed by atoms with Crippen molar-refractivity contribution in [3.8, 4) is 11.5 Å². The zero-order valence-electron chi connectivity index (χ0n) is 16.3. The molecule has 3 aromatic carbocycles. The predicted octanol–water partition coefficient (Wildman–Crippen LogP) is 3.39. The summed E-state index contributed by atoms with van der Waals surface area (Å²) in [5.74, 6) is 1.16. The zero-order chi connectivity index (χ0) is 19.3. The van der Waals surface area contributed by atoms with Crippen molar-refractivity contribution in [1.29, 1.82) is 0 Å². The number of fused-ring (bicyclic) bond motifs is 1. The van der Waals surface area contributed by atoms with Crippen LogP contribution in [0.15, 0.2) is 65.7 Å². The first-order chi connectivity index (χ1) is 13.8. The van der Waals surface area contributed by atoms with Crippen LogP contribution < -0.4 is 9.64 Å². The number of nitrogens with zero attached hydrogens (tertiary/aromatic N) is 1. The third-order valence-electron chi connectivity index (χ3n) is 5.69. The summed E-state index contributed by atoms with van der Waals surface area (Å²) in [5, 5.41) is 12.5. The largest absolute Gasteiger partial charge is 0.507 e. The number of phenolic OH excluding ortho intramolecular Hbond substituents is 1. The maximum absolute atomic E-state index is 10.4. The Morgan fingerprint density at radius 3 is 2.71 bits per heavy atom. The molecule has 1 fully saturated rings. The van der Waals surface area contributed by atoms with E-state index in [-0.39, 0.29) is 5.75 Å². The fourth-order valence-electron chi connectivity index (χ4n) is 4.18. The van der Waals surface area contributed by atoms with Gasteiger partial charge in [-0.2, -0.15) is 0 Å². The second-order valence-electron chi connectivity index (χ2n) is 7.41. The monoisotopic (exact) mass is 375 g/mol. The highest BCUT2D eigenvalue weighted by atomic mass is 16.5. The van der Waals surface area contributed by atoms with E-state index < -0.39 is 0 Å². The van der Waals surface area contributed by atoms with Crippen LogP contribution >= 0.6 is 0 Å². The molecule has 4 nitrogen and oxygen atoms in total. The van der Waals surface area contributed by atoms with Crippen LogP contribution in [0.4, 0.5) is 0 Å². The highest BCUT2D eigenvalue weighted by Gasteiger charge is 2.27. The average Bonchev–Trinajstić information content (AvgIpc) is 3.27. The van der Waals surface area contributed by atoms with Crippen LogP contribution in [-0.2, 0) is 0 Å². The molecule has 1 aliphatic rings. The maximum Gasteiger partial charge on any atom is 0.133 e. The number of likely N-dealkylation sites (tertiary alicyclic amines) is 1. The van der Waals surface area contributed by atoms with Crippen LogP contribution in [0.3, 0.4) is 0 Å². The number of hydrogen-bond acceptors (Lipinski definition) is 3. The molecule has 4 rings (SSSR count). The molecule has 4 heteroatoms. The Morgan fingerprint density at radius 1 is 1.07 bits per heavy atom. The molecule has 0 bridgehead atoms. The van der Waals surface area contributed by atoms with Crippen LogP contribution in [0, 0.1) is 0 Å². The van der Waals surface area contributed by atoms with Crippen molar-refractivity contribution in [2.24, 2.45) is 4.99 Å². The van der Waals surface area contributed by atoms with Gasteiger partial charge in [-0.15, -0.1) is 0 Å². The number of phenols is 1. The fraction of sp³-hybridized carbons (Fsp3) is 0.292. The summed E-state index contributed by atoms with van der Waals surface area (Å²) in [7, 11) is 1.71. The Bertz CT molecular complexity index is 977. The highest BCUT2D eigenvalue weighted by Crippen LogP contribution is 2.26. The van der Waals surface area contributed by atoms with Gasteiger partial charge in [0.1, 0.15) is 17.5 Å². The lowest BCUT2D eigenvalue weighted by atomic mass is 10.0. The van der Waals surface area contributed by atoms with Crippen molar-refractivity contribution in [2.45, 2.75) is 18.9 Å². The maximum atomic E-state index is 10.4. The van der Waals surface area contributed by atoms with Crippen molar-refractivity contribution in [2.75, 3.05) is 26.7 Å². The summed E-state index contributed by atoms with van der Waals surface area (Å²) in [6, 6.07) is 20.4. The van der Waals surface area contributed by atoms with Gasteiger partial charge in [0.05, 0.1) is 26.7 Å². The van der Waals surface area contributed by atoms with Gasteiger partial charge in [-0.3, -0.25) is 4.99 Å². The van der Waals surface area contributed by atoms with Crippen molar-refractivity contribution < 1.29 is 14.7 Å². The molecule has 1 saturated heterocycles. The molecule has 1 heterocycles. The summed E-state index contributed by atoms with van der Waals surface area (Å²) in [6.07, 6.45) is 4.37. The number of benzene rings is 3. The van der Waals surface area contributed by atoms with Gasteiger partial charge in [0.15, 0.2) is 0 Å². The van der Waals surface area contributed by atoms with Gasteiger partial charge in [-0.1, -0.05) is 42.5 Å². The molecule has 1 atom stereocenters. The van der Waals surface area contributed by atoms with Crippen molar-refractivity contribution >= 4 is 17.0 Å². The smallest absolute Gasteiger partial charge is 0.133 e. The van der Waals surface area contributed by atoms with Crippen molar-refractivity contribution in [3.05, 3.63) is 71.8 Å². The van der Waals surface area contributed by atoms with E-state index in [0.29, 0.717) is 12.6 Å². The van der Waals surface area contributed by atoms with Gasteiger partial charge in [0, 0.05) is 30.2 Å². The molecule has 28 heavy (non-hydrogen) atoms. The lowest BCUT2D eigenvalue weighted by molar-refractivity contribution is -0.918. The number of quaternary nitrogens is 1. The Labute approximate surface area is 166 Å². The van der Waals surface area contributed by atoms with Gasteiger partial charge < -0.3 is 14.7 Å². The first-order valence-electron chi connectivity index (χ1n) is 9.95. The predicted molar refractivity (Wildman–Crippen MR) is 114 cm³/mol. The van der Waals surface area contributed by atoms with E-state index in [9.17, 15) is 5.11 Å². The molecule has 3 aromatic rings. The lowest BCUT2D eigenvalue weighted by Crippen LogP contribution is -3.10. The molecule has 0 amide bonds. The first-order valence-corrected chi connectivity index (χ1v) is 9.95. The standard InChI is InChI=1S/C24H26N2O2/c1-28-20-9-6-8-19(15-20)23(26-13-4-5-14-26)17-25-16-22-21-10-3-2-7-18(21)11-12-24(22)27/h2-3,6-12,15-16,23,27H,4-5,13-14,17H2,1H3/p+1/t23-/m1/s1. The second kappa shape index (κ2) is 8.44. The SMILES string of the molecule is COc1cccc([C@@H](CN=Cc2c(O)ccc3ccccc23)[NH+]2CCCC2)c1. The van der Waals surface area contributed by atoms with E-state index in [0.717, 1.165) is 22.1 Å². The number of methoxy groups -OCH3 is 1. The van der Waals surface area contributed by atoms with E-state index >= 15 is 0 Å². The van der Waals surface area contributed by atoms with E-state index in [1.165, 1.54) is 31.5 Å². The van der Waals surface area contributed by atoms with Crippen LogP contribution in [0.1, 0.15) is 30.0 Å². The molecule has 0 unspecified atom stereocenters. The zero-order valence-corrected chi connectivity index (χ0v) is 16.3. The molecule has 2 N–H and O–H groups in total. The summed E-state index contributed by atoms with van der Waals surface area (Å²) in [5.41, 5.74) is 2.05. The van der Waals surface area contributed by atoms with E-state index in [1.807, 2.05) is 36.5 Å². The minimum Gasteiger partial charge on any atom is -0.507 e. The van der Waals surface area contributed by atoms with Crippen LogP contribution in [0.2, 0.25) is 0 Å². The molecular weight excluding hydrogens is 348 g/mol. The van der Waals surface area contributed by atoms with Crippen LogP contribution in [0.5, 0.6) is 11.5 Å². The van der Waals surface area contributed by atoms with Gasteiger partial charge >= 0.3 is 0 Å². The third kappa shape index (κ3) is 3.87. The van der Waals surface area contributed by atoms with Crippen LogP contribution in [-0.4, -0.2) is 38.1 Å². The van der Waals surface area contributed by atoms with Gasteiger partial charge in [-0.25, -0.2) is 0 Å². The van der Waals surface area contributed by atoms with Gasteiger partial charge in [0.2, 0.25) is 0 Å². The lowest BCUT2D eigenvalue weighted by Gasteiger charge is -2.24. The Kier molecular flexibility index (Phi) is 5.58. The van der Waals surface area contributed by atoms with E-state index in [2.05, 4.69) is 24.3 Å². The minimum absolute atomic E-state index is 0.272. The summed E-state index contributed by atoms with van der Waals surface area (Å²) in [6.45, 7) is 3.04. The Morgan fingerprint density at radius 2 is 1.89 bits per heavy atom. The Balaban J connectivity index is 1.62. The number of rotatable bonds is 6. The fourth-order valence-corrected chi connectivity index (χ4v) is 4.18. The minimum atomic E-state index is 0.272. The van der Waals surface area contributed by atoms with Gasteiger partial charge in [-0.05, 0) is 29.0 Å². The molecule has 0 radical (unpaired) electrons. The summed E-state index contributed by atoms with van der Waals surface area (Å²) < 4.78 is 5.42. The highest BCUT2D eigenvalue weighted by molar-refractivity contribution is 6.02. The third-order valence-corrected chi connectivity index (χ3v) is 5.69. The second-order valence-corrected chi connectivity index (χ2v) is 7.41. The molecule has 0 spiro atoms. The number of nitrogens with one attached hydrogen (secondary N) is 1. The number of hydrogen-bond donors (Lipinski definition) is 2. The number of aliphatic imine (C=N–C) groups is 1. The number of aromatic hydroxyl groups is 1. The van der Waals surface area contributed by atoms with Crippen LogP contribution in [0.25, 0.3) is 10.8 Å². The van der Waals surface area contributed by atoms with Crippen molar-refractivity contribution in [1.82, 2.24) is 0 Å². The molecule has 0 aromatic heterocycles. The molecule has 0 aliphatic carbocycles.